The van der Waals surface area contributed by atoms with Crippen molar-refractivity contribution in [3.63, 3.8) is 0 Å². The summed E-state index contributed by atoms with van der Waals surface area (Å²) >= 11 is 0. The summed E-state index contributed by atoms with van der Waals surface area (Å²) in [6.07, 6.45) is 3.06. The molecule has 4 heteroatoms. The zero-order valence-corrected chi connectivity index (χ0v) is 13.4. The van der Waals surface area contributed by atoms with Gasteiger partial charge < -0.3 is 15.4 Å². The first-order chi connectivity index (χ1) is 9.37. The topological polar surface area (TPSA) is 55.6 Å². The highest BCUT2D eigenvalue weighted by Gasteiger charge is 2.46. The molecule has 2 rings (SSSR count). The molecule has 4 atom stereocenters. The van der Waals surface area contributed by atoms with E-state index >= 15 is 0 Å². The third kappa shape index (κ3) is 2.86. The summed E-state index contributed by atoms with van der Waals surface area (Å²) in [4.78, 5) is 14.9. The Morgan fingerprint density at radius 3 is 2.75 bits per heavy atom. The van der Waals surface area contributed by atoms with E-state index in [9.17, 15) is 4.79 Å². The van der Waals surface area contributed by atoms with Gasteiger partial charge in [-0.05, 0) is 30.6 Å². The van der Waals surface area contributed by atoms with Crippen LogP contribution < -0.4 is 5.73 Å². The third-order valence-corrected chi connectivity index (χ3v) is 5.71. The van der Waals surface area contributed by atoms with Crippen LogP contribution in [0.3, 0.4) is 0 Å². The molecule has 20 heavy (non-hydrogen) atoms. The van der Waals surface area contributed by atoms with Gasteiger partial charge >= 0.3 is 0 Å². The lowest BCUT2D eigenvalue weighted by molar-refractivity contribution is -0.151. The molecule has 1 aliphatic heterocycles. The maximum atomic E-state index is 12.9. The number of morpholine rings is 1. The summed E-state index contributed by atoms with van der Waals surface area (Å²) in [5.74, 6) is 0.802. The molecule has 4 nitrogen and oxygen atoms in total. The van der Waals surface area contributed by atoms with E-state index in [-0.39, 0.29) is 23.5 Å². The molecule has 1 saturated heterocycles. The largest absolute Gasteiger partial charge is 0.375 e. The van der Waals surface area contributed by atoms with E-state index in [4.69, 9.17) is 10.5 Å². The Bertz CT molecular complexity index is 356. The van der Waals surface area contributed by atoms with Crippen molar-refractivity contribution in [3.8, 4) is 0 Å². The van der Waals surface area contributed by atoms with Crippen molar-refractivity contribution in [1.29, 1.82) is 0 Å². The SMILES string of the molecule is CCC1CN(C(=O)C2CCC(N)C(C)C2(C)C)CCO1. The molecule has 0 aromatic rings. The first-order valence-electron chi connectivity index (χ1n) is 8.03. The Morgan fingerprint density at radius 2 is 2.10 bits per heavy atom. The van der Waals surface area contributed by atoms with Crippen LogP contribution in [0.2, 0.25) is 0 Å². The van der Waals surface area contributed by atoms with Gasteiger partial charge in [-0.1, -0.05) is 27.7 Å². The van der Waals surface area contributed by atoms with Crippen LogP contribution in [0.4, 0.5) is 0 Å². The predicted octanol–water partition coefficient (Wildman–Crippen LogP) is 2.02. The smallest absolute Gasteiger partial charge is 0.226 e. The van der Waals surface area contributed by atoms with Gasteiger partial charge in [-0.15, -0.1) is 0 Å². The number of carbonyl (C=O) groups is 1. The van der Waals surface area contributed by atoms with Crippen LogP contribution >= 0.6 is 0 Å². The highest BCUT2D eigenvalue weighted by molar-refractivity contribution is 5.80. The Labute approximate surface area is 123 Å². The second-order valence-corrected chi connectivity index (χ2v) is 7.09. The molecule has 0 bridgehead atoms. The summed E-state index contributed by atoms with van der Waals surface area (Å²) in [5, 5.41) is 0. The lowest BCUT2D eigenvalue weighted by Gasteiger charge is -2.48. The highest BCUT2D eigenvalue weighted by atomic mass is 16.5. The van der Waals surface area contributed by atoms with Gasteiger partial charge in [0.05, 0.1) is 12.7 Å². The van der Waals surface area contributed by atoms with Crippen molar-refractivity contribution in [2.75, 3.05) is 19.7 Å². The van der Waals surface area contributed by atoms with E-state index in [2.05, 4.69) is 27.7 Å². The fraction of sp³-hybridized carbons (Fsp3) is 0.938. The number of amides is 1. The monoisotopic (exact) mass is 282 g/mol. The number of hydrogen-bond donors (Lipinski definition) is 1. The van der Waals surface area contributed by atoms with E-state index in [0.717, 1.165) is 32.4 Å². The number of hydrogen-bond acceptors (Lipinski definition) is 3. The summed E-state index contributed by atoms with van der Waals surface area (Å²) in [6, 6.07) is 0.224. The Hall–Kier alpha value is -0.610. The predicted molar refractivity (Wildman–Crippen MR) is 80.3 cm³/mol. The van der Waals surface area contributed by atoms with Crippen molar-refractivity contribution >= 4 is 5.91 Å². The van der Waals surface area contributed by atoms with Crippen molar-refractivity contribution < 1.29 is 9.53 Å². The maximum absolute atomic E-state index is 12.9. The van der Waals surface area contributed by atoms with Crippen molar-refractivity contribution in [2.24, 2.45) is 23.0 Å². The summed E-state index contributed by atoms with van der Waals surface area (Å²) in [5.41, 5.74) is 6.17. The Balaban J connectivity index is 2.08. The van der Waals surface area contributed by atoms with Gasteiger partial charge in [0.15, 0.2) is 0 Å². The summed E-state index contributed by atoms with van der Waals surface area (Å²) in [7, 11) is 0. The molecule has 0 spiro atoms. The molecular formula is C16H30N2O2. The Morgan fingerprint density at radius 1 is 1.40 bits per heavy atom. The summed E-state index contributed by atoms with van der Waals surface area (Å²) in [6.45, 7) is 10.9. The van der Waals surface area contributed by atoms with Crippen LogP contribution in [0.25, 0.3) is 0 Å². The average Bonchev–Trinajstić information content (AvgIpc) is 2.44. The number of carbonyl (C=O) groups excluding carboxylic acids is 1. The van der Waals surface area contributed by atoms with Crippen LogP contribution in [0.1, 0.15) is 47.0 Å². The van der Waals surface area contributed by atoms with Gasteiger partial charge in [0.2, 0.25) is 5.91 Å². The molecule has 1 saturated carbocycles. The number of ether oxygens (including phenoxy) is 1. The molecule has 116 valence electrons. The quantitative estimate of drug-likeness (QED) is 0.843. The number of rotatable bonds is 2. The van der Waals surface area contributed by atoms with Crippen molar-refractivity contribution in [2.45, 2.75) is 59.1 Å². The van der Waals surface area contributed by atoms with E-state index in [1.54, 1.807) is 0 Å². The van der Waals surface area contributed by atoms with Crippen LogP contribution in [0.5, 0.6) is 0 Å². The first kappa shape index (κ1) is 15.8. The maximum Gasteiger partial charge on any atom is 0.226 e. The fourth-order valence-corrected chi connectivity index (χ4v) is 3.68. The average molecular weight is 282 g/mol. The van der Waals surface area contributed by atoms with Crippen LogP contribution in [0, 0.1) is 17.3 Å². The molecule has 2 fully saturated rings. The zero-order chi connectivity index (χ0) is 14.9. The van der Waals surface area contributed by atoms with Gasteiger partial charge in [-0.25, -0.2) is 0 Å². The number of nitrogens with two attached hydrogens (primary N) is 1. The highest BCUT2D eigenvalue weighted by Crippen LogP contribution is 2.45. The van der Waals surface area contributed by atoms with E-state index in [1.807, 2.05) is 4.90 Å². The van der Waals surface area contributed by atoms with Gasteiger partial charge in [0, 0.05) is 25.0 Å². The van der Waals surface area contributed by atoms with Crippen LogP contribution in [-0.4, -0.2) is 42.6 Å². The second kappa shape index (κ2) is 6.02. The van der Waals surface area contributed by atoms with E-state index in [0.29, 0.717) is 18.4 Å². The molecule has 2 N–H and O–H groups in total. The first-order valence-corrected chi connectivity index (χ1v) is 8.03. The lowest BCUT2D eigenvalue weighted by atomic mass is 9.60. The van der Waals surface area contributed by atoms with Gasteiger partial charge in [0.1, 0.15) is 0 Å². The normalized spacial score (nSPS) is 37.8. The second-order valence-electron chi connectivity index (χ2n) is 7.09. The summed E-state index contributed by atoms with van der Waals surface area (Å²) < 4.78 is 5.67. The lowest BCUT2D eigenvalue weighted by Crippen LogP contribution is -2.55. The standard InChI is InChI=1S/C16H30N2O2/c1-5-12-10-18(8-9-20-12)15(19)13-6-7-14(17)11(2)16(13,3)4/h11-14H,5-10,17H2,1-4H3. The molecule has 0 aromatic heterocycles. The third-order valence-electron chi connectivity index (χ3n) is 5.71. The number of nitrogens with zero attached hydrogens (tertiary/aromatic N) is 1. The molecule has 1 amide bonds. The van der Waals surface area contributed by atoms with Crippen molar-refractivity contribution in [3.05, 3.63) is 0 Å². The van der Waals surface area contributed by atoms with Gasteiger partial charge in [0.25, 0.3) is 0 Å². The minimum atomic E-state index is -0.0191. The molecule has 1 aliphatic carbocycles. The van der Waals surface area contributed by atoms with Gasteiger partial charge in [-0.2, -0.15) is 0 Å². The molecule has 2 aliphatic rings. The molecule has 4 unspecified atom stereocenters. The van der Waals surface area contributed by atoms with E-state index < -0.39 is 0 Å². The van der Waals surface area contributed by atoms with Crippen LogP contribution in [0.15, 0.2) is 0 Å². The molecule has 0 radical (unpaired) electrons. The minimum absolute atomic E-state index is 0.0191. The molecule has 1 heterocycles. The van der Waals surface area contributed by atoms with Crippen LogP contribution in [-0.2, 0) is 9.53 Å². The minimum Gasteiger partial charge on any atom is -0.375 e. The van der Waals surface area contributed by atoms with Crippen molar-refractivity contribution in [1.82, 2.24) is 4.90 Å². The molecular weight excluding hydrogens is 252 g/mol. The Kier molecular flexibility index (Phi) is 4.75. The van der Waals surface area contributed by atoms with Gasteiger partial charge in [-0.3, -0.25) is 4.79 Å². The molecule has 0 aromatic carbocycles. The fourth-order valence-electron chi connectivity index (χ4n) is 3.68. The zero-order valence-electron chi connectivity index (χ0n) is 13.4. The van der Waals surface area contributed by atoms with E-state index in [1.165, 1.54) is 0 Å².